The van der Waals surface area contributed by atoms with E-state index in [9.17, 15) is 4.79 Å². The molecule has 1 saturated heterocycles. The summed E-state index contributed by atoms with van der Waals surface area (Å²) in [6.07, 6.45) is 3.27. The molecule has 108 valence electrons. The summed E-state index contributed by atoms with van der Waals surface area (Å²) in [7, 11) is 1.82. The van der Waals surface area contributed by atoms with Crippen LogP contribution in [0.15, 0.2) is 6.07 Å². The van der Waals surface area contributed by atoms with Crippen LogP contribution in [-0.4, -0.2) is 40.2 Å². The lowest BCUT2D eigenvalue weighted by atomic mass is 9.94. The summed E-state index contributed by atoms with van der Waals surface area (Å²) in [5.74, 6) is 0.654. The van der Waals surface area contributed by atoms with Crippen LogP contribution < -0.4 is 5.73 Å². The number of aryl methyl sites for hydroxylation is 2. The Morgan fingerprint density at radius 1 is 1.58 bits per heavy atom. The quantitative estimate of drug-likeness (QED) is 0.912. The molecule has 2 heterocycles. The molecule has 2 rings (SSSR count). The van der Waals surface area contributed by atoms with Gasteiger partial charge < -0.3 is 10.6 Å². The van der Waals surface area contributed by atoms with Gasteiger partial charge in [-0.1, -0.05) is 0 Å². The highest BCUT2D eigenvalue weighted by Crippen LogP contribution is 2.20. The summed E-state index contributed by atoms with van der Waals surface area (Å²) in [5.41, 5.74) is 7.17. The van der Waals surface area contributed by atoms with Crippen molar-refractivity contribution in [3.63, 3.8) is 0 Å². The average molecular weight is 287 g/mol. The Hall–Kier alpha value is -1.07. The highest BCUT2D eigenvalue weighted by molar-refractivity contribution is 5.92. The van der Waals surface area contributed by atoms with Crippen LogP contribution in [0.5, 0.6) is 0 Å². The third-order valence-corrected chi connectivity index (χ3v) is 3.60. The van der Waals surface area contributed by atoms with Crippen molar-refractivity contribution < 1.29 is 4.79 Å². The number of nitrogens with zero attached hydrogens (tertiary/aromatic N) is 3. The normalized spacial score (nSPS) is 19.1. The Labute approximate surface area is 120 Å². The lowest BCUT2D eigenvalue weighted by Crippen LogP contribution is -2.41. The van der Waals surface area contributed by atoms with E-state index in [1.54, 1.807) is 4.68 Å². The number of halogens is 1. The Kier molecular flexibility index (Phi) is 5.82. The minimum atomic E-state index is 0. The summed E-state index contributed by atoms with van der Waals surface area (Å²) < 4.78 is 1.67. The van der Waals surface area contributed by atoms with E-state index in [0.717, 1.165) is 31.6 Å². The first-order valence-electron chi connectivity index (χ1n) is 6.61. The van der Waals surface area contributed by atoms with Crippen molar-refractivity contribution in [1.29, 1.82) is 0 Å². The molecule has 0 aromatic carbocycles. The minimum absolute atomic E-state index is 0. The molecule has 0 spiro atoms. The van der Waals surface area contributed by atoms with Crippen LogP contribution in [0.3, 0.4) is 0 Å². The van der Waals surface area contributed by atoms with E-state index < -0.39 is 0 Å². The summed E-state index contributed by atoms with van der Waals surface area (Å²) in [6, 6.07) is 1.86. The number of aromatic nitrogens is 2. The van der Waals surface area contributed by atoms with Crippen molar-refractivity contribution in [3.05, 3.63) is 17.5 Å². The van der Waals surface area contributed by atoms with Gasteiger partial charge in [0, 0.05) is 20.1 Å². The molecule has 19 heavy (non-hydrogen) atoms. The molecular weight excluding hydrogens is 264 g/mol. The molecule has 0 bridgehead atoms. The predicted molar refractivity (Wildman–Crippen MR) is 77.5 cm³/mol. The van der Waals surface area contributed by atoms with Gasteiger partial charge in [0.1, 0.15) is 5.69 Å². The van der Waals surface area contributed by atoms with Gasteiger partial charge in [0.2, 0.25) is 0 Å². The van der Waals surface area contributed by atoms with Crippen molar-refractivity contribution in [1.82, 2.24) is 14.7 Å². The zero-order valence-electron chi connectivity index (χ0n) is 11.6. The third-order valence-electron chi connectivity index (χ3n) is 3.60. The first kappa shape index (κ1) is 16.0. The molecule has 1 atom stereocenters. The molecule has 5 nitrogen and oxygen atoms in total. The van der Waals surface area contributed by atoms with Crippen molar-refractivity contribution in [3.8, 4) is 0 Å². The number of carbonyl (C=O) groups is 1. The topological polar surface area (TPSA) is 64.2 Å². The number of rotatable bonds is 3. The van der Waals surface area contributed by atoms with Gasteiger partial charge in [-0.3, -0.25) is 9.48 Å². The molecule has 0 radical (unpaired) electrons. The number of amides is 1. The van der Waals surface area contributed by atoms with E-state index in [0.29, 0.717) is 18.2 Å². The second kappa shape index (κ2) is 6.91. The molecule has 6 heteroatoms. The summed E-state index contributed by atoms with van der Waals surface area (Å²) in [5, 5.41) is 4.23. The van der Waals surface area contributed by atoms with Crippen molar-refractivity contribution in [2.75, 3.05) is 19.6 Å². The van der Waals surface area contributed by atoms with E-state index in [1.807, 2.05) is 24.9 Å². The second-order valence-electron chi connectivity index (χ2n) is 5.13. The van der Waals surface area contributed by atoms with Gasteiger partial charge >= 0.3 is 0 Å². The summed E-state index contributed by atoms with van der Waals surface area (Å²) in [6.45, 7) is 4.30. The summed E-state index contributed by atoms with van der Waals surface area (Å²) >= 11 is 0. The number of carbonyl (C=O) groups excluding carboxylic acids is 1. The van der Waals surface area contributed by atoms with Gasteiger partial charge in [-0.2, -0.15) is 5.10 Å². The van der Waals surface area contributed by atoms with Crippen LogP contribution in [0.4, 0.5) is 0 Å². The van der Waals surface area contributed by atoms with E-state index in [-0.39, 0.29) is 18.3 Å². The van der Waals surface area contributed by atoms with E-state index in [1.165, 1.54) is 6.42 Å². The SMILES string of the molecule is Cc1cc(C(=O)N2CCCC(CCN)C2)n(C)n1.Cl. The fourth-order valence-electron chi connectivity index (χ4n) is 2.69. The van der Waals surface area contributed by atoms with Gasteiger partial charge in [0.05, 0.1) is 5.69 Å². The van der Waals surface area contributed by atoms with Crippen LogP contribution in [0, 0.1) is 12.8 Å². The number of likely N-dealkylation sites (tertiary alicyclic amines) is 1. The van der Waals surface area contributed by atoms with Crippen molar-refractivity contribution in [2.45, 2.75) is 26.2 Å². The van der Waals surface area contributed by atoms with Crippen LogP contribution in [0.2, 0.25) is 0 Å². The Bertz CT molecular complexity index is 430. The van der Waals surface area contributed by atoms with Crippen molar-refractivity contribution >= 4 is 18.3 Å². The Morgan fingerprint density at radius 2 is 2.32 bits per heavy atom. The van der Waals surface area contributed by atoms with Crippen molar-refractivity contribution in [2.24, 2.45) is 18.7 Å². The van der Waals surface area contributed by atoms with Gasteiger partial charge in [0.25, 0.3) is 5.91 Å². The number of hydrogen-bond donors (Lipinski definition) is 1. The molecule has 0 aliphatic carbocycles. The van der Waals surface area contributed by atoms with Gasteiger partial charge in [0.15, 0.2) is 0 Å². The monoisotopic (exact) mass is 286 g/mol. The van der Waals surface area contributed by atoms with Crippen LogP contribution in [0.1, 0.15) is 35.4 Å². The second-order valence-corrected chi connectivity index (χ2v) is 5.13. The molecule has 1 aromatic rings. The first-order valence-corrected chi connectivity index (χ1v) is 6.61. The fraction of sp³-hybridized carbons (Fsp3) is 0.692. The van der Waals surface area contributed by atoms with E-state index in [2.05, 4.69) is 5.10 Å². The lowest BCUT2D eigenvalue weighted by Gasteiger charge is -2.32. The predicted octanol–water partition coefficient (Wildman–Crippen LogP) is 1.35. The molecule has 1 aliphatic heterocycles. The van der Waals surface area contributed by atoms with Crippen LogP contribution in [-0.2, 0) is 7.05 Å². The molecular formula is C13H23ClN4O. The van der Waals surface area contributed by atoms with E-state index >= 15 is 0 Å². The maximum absolute atomic E-state index is 12.4. The van der Waals surface area contributed by atoms with Crippen LogP contribution >= 0.6 is 12.4 Å². The lowest BCUT2D eigenvalue weighted by molar-refractivity contribution is 0.0658. The average Bonchev–Trinajstić information content (AvgIpc) is 2.68. The van der Waals surface area contributed by atoms with Gasteiger partial charge in [-0.25, -0.2) is 0 Å². The molecule has 1 amide bonds. The molecule has 1 aromatic heterocycles. The maximum Gasteiger partial charge on any atom is 0.272 e. The van der Waals surface area contributed by atoms with E-state index in [4.69, 9.17) is 5.73 Å². The summed E-state index contributed by atoms with van der Waals surface area (Å²) in [4.78, 5) is 14.4. The molecule has 1 unspecified atom stereocenters. The highest BCUT2D eigenvalue weighted by atomic mass is 35.5. The first-order chi connectivity index (χ1) is 8.61. The van der Waals surface area contributed by atoms with Gasteiger partial charge in [-0.05, 0) is 44.7 Å². The Balaban J connectivity index is 0.00000180. The molecule has 0 saturated carbocycles. The molecule has 1 fully saturated rings. The zero-order valence-corrected chi connectivity index (χ0v) is 12.4. The van der Waals surface area contributed by atoms with Crippen LogP contribution in [0.25, 0.3) is 0 Å². The number of hydrogen-bond acceptors (Lipinski definition) is 3. The molecule has 2 N–H and O–H groups in total. The largest absolute Gasteiger partial charge is 0.337 e. The zero-order chi connectivity index (χ0) is 13.1. The highest BCUT2D eigenvalue weighted by Gasteiger charge is 2.25. The number of nitrogens with two attached hydrogens (primary N) is 1. The molecule has 1 aliphatic rings. The maximum atomic E-state index is 12.4. The Morgan fingerprint density at radius 3 is 2.89 bits per heavy atom. The standard InChI is InChI=1S/C13H22N4O.ClH/c1-10-8-12(16(2)15-10)13(18)17-7-3-4-11(9-17)5-6-14;/h8,11H,3-7,9,14H2,1-2H3;1H. The minimum Gasteiger partial charge on any atom is -0.337 e. The smallest absolute Gasteiger partial charge is 0.272 e. The number of piperidine rings is 1. The fourth-order valence-corrected chi connectivity index (χ4v) is 2.69. The van der Waals surface area contributed by atoms with Gasteiger partial charge in [-0.15, -0.1) is 12.4 Å². The third kappa shape index (κ3) is 3.70.